The van der Waals surface area contributed by atoms with Gasteiger partial charge in [-0.1, -0.05) is 0 Å². The van der Waals surface area contributed by atoms with E-state index in [4.69, 9.17) is 4.55 Å². The van der Waals surface area contributed by atoms with Crippen molar-refractivity contribution in [3.8, 4) is 0 Å². The molecule has 8 heteroatoms. The Kier molecular flexibility index (Phi) is 4.21. The van der Waals surface area contributed by atoms with E-state index in [1.54, 1.807) is 0 Å². The second-order valence-electron chi connectivity index (χ2n) is 2.60. The van der Waals surface area contributed by atoms with Gasteiger partial charge >= 0.3 is 29.6 Å². The van der Waals surface area contributed by atoms with E-state index in [0.717, 1.165) is 0 Å². The Bertz CT molecular complexity index is 593. The van der Waals surface area contributed by atoms with Gasteiger partial charge in [0.25, 0.3) is 10.1 Å². The molecule has 1 N–H and O–H groups in total. The molecule has 0 unspecified atom stereocenters. The molecule has 0 aliphatic rings. The molecule has 0 amide bonds. The second-order valence-corrected chi connectivity index (χ2v) is 5.78. The van der Waals surface area contributed by atoms with Gasteiger partial charge in [0.15, 0.2) is 0 Å². The molecule has 0 saturated heterocycles. The monoisotopic (exact) mass is 271 g/mol. The van der Waals surface area contributed by atoms with E-state index < -0.39 is 10.1 Å². The van der Waals surface area contributed by atoms with Crippen LogP contribution in [-0.2, 0) is 10.1 Å². The molecule has 0 fully saturated rings. The van der Waals surface area contributed by atoms with Crippen molar-refractivity contribution in [3.63, 3.8) is 0 Å². The number of thiazole rings is 1. The van der Waals surface area contributed by atoms with Gasteiger partial charge < -0.3 is 0 Å². The van der Waals surface area contributed by atoms with Crippen molar-refractivity contribution >= 4 is 73.9 Å². The number of hydrogen-bond acceptors (Lipinski definition) is 5. The summed E-state index contributed by atoms with van der Waals surface area (Å²) in [6.07, 6.45) is 0. The third-order valence-corrected chi connectivity index (χ3v) is 3.69. The number of fused-ring (bicyclic) bond motifs is 1. The third kappa shape index (κ3) is 2.94. The maximum absolute atomic E-state index is 10.8. The molecule has 1 aromatic carbocycles. The van der Waals surface area contributed by atoms with E-state index in [0.29, 0.717) is 14.6 Å². The Morgan fingerprint density at radius 1 is 1.40 bits per heavy atom. The van der Waals surface area contributed by atoms with Crippen LogP contribution in [0.5, 0.6) is 0 Å². The van der Waals surface area contributed by atoms with Crippen LogP contribution in [0.3, 0.4) is 0 Å². The molecule has 76 valence electrons. The Morgan fingerprint density at radius 2 is 2.07 bits per heavy atom. The minimum absolute atomic E-state index is 0. The van der Waals surface area contributed by atoms with Gasteiger partial charge in [0, 0.05) is 0 Å². The van der Waals surface area contributed by atoms with E-state index >= 15 is 0 Å². The number of benzene rings is 1. The van der Waals surface area contributed by atoms with Crippen LogP contribution in [0.25, 0.3) is 10.2 Å². The summed E-state index contributed by atoms with van der Waals surface area (Å²) in [4.78, 5) is 3.92. The molecule has 15 heavy (non-hydrogen) atoms. The predicted octanol–water partition coefficient (Wildman–Crippen LogP) is 1.18. The summed E-state index contributed by atoms with van der Waals surface area (Å²) in [6, 6.07) is 4.22. The third-order valence-electron chi connectivity index (χ3n) is 1.65. The number of nitrogens with zero attached hydrogens (tertiary/aromatic N) is 1. The summed E-state index contributed by atoms with van der Waals surface area (Å²) in [7, 11) is -4.13. The van der Waals surface area contributed by atoms with Gasteiger partial charge in [-0.3, -0.25) is 4.55 Å². The molecule has 0 atom stereocenters. The van der Waals surface area contributed by atoms with Crippen molar-refractivity contribution in [3.05, 3.63) is 18.2 Å². The summed E-state index contributed by atoms with van der Waals surface area (Å²) >= 11 is 5.31. The van der Waals surface area contributed by atoms with Gasteiger partial charge in [-0.2, -0.15) is 8.42 Å². The fourth-order valence-electron chi connectivity index (χ4n) is 1.05. The van der Waals surface area contributed by atoms with Crippen molar-refractivity contribution in [2.24, 2.45) is 0 Å². The first-order valence-electron chi connectivity index (χ1n) is 3.54. The summed E-state index contributed by atoms with van der Waals surface area (Å²) in [5, 5.41) is 0. The first kappa shape index (κ1) is 13.4. The first-order valence-corrected chi connectivity index (χ1v) is 6.24. The second kappa shape index (κ2) is 4.70. The summed E-state index contributed by atoms with van der Waals surface area (Å²) in [6.45, 7) is 0. The van der Waals surface area contributed by atoms with E-state index in [1.165, 1.54) is 29.5 Å². The molecule has 1 heterocycles. The van der Waals surface area contributed by atoms with Crippen molar-refractivity contribution in [1.29, 1.82) is 0 Å². The van der Waals surface area contributed by atoms with Gasteiger partial charge in [-0.15, -0.1) is 24.0 Å². The maximum atomic E-state index is 10.8. The van der Waals surface area contributed by atoms with Crippen LogP contribution in [0, 0.1) is 0 Å². The normalized spacial score (nSPS) is 11.3. The van der Waals surface area contributed by atoms with Gasteiger partial charge in [-0.05, 0) is 18.2 Å². The SMILES string of the molecule is O=S(=O)(O)c1ccc2nc(S)sc2c1.[NaH]. The number of hydrogen-bond donors (Lipinski definition) is 2. The van der Waals surface area contributed by atoms with E-state index in [-0.39, 0.29) is 34.5 Å². The molecule has 0 radical (unpaired) electrons. The summed E-state index contributed by atoms with van der Waals surface area (Å²) in [5.41, 5.74) is 0.674. The molecule has 2 rings (SSSR count). The molecule has 0 aliphatic carbocycles. The number of thiol groups is 1. The summed E-state index contributed by atoms with van der Waals surface area (Å²) < 4.78 is 31.6. The zero-order valence-electron chi connectivity index (χ0n) is 6.71. The molecule has 0 bridgehead atoms. The zero-order valence-corrected chi connectivity index (χ0v) is 9.23. The fraction of sp³-hybridized carbons (Fsp3) is 0. The minimum atomic E-state index is -4.13. The van der Waals surface area contributed by atoms with Crippen molar-refractivity contribution in [2.75, 3.05) is 0 Å². The van der Waals surface area contributed by atoms with Crippen molar-refractivity contribution in [2.45, 2.75) is 9.24 Å². The molecular weight excluding hydrogens is 265 g/mol. The van der Waals surface area contributed by atoms with Gasteiger partial charge in [0.1, 0.15) is 4.34 Å². The fourth-order valence-corrected chi connectivity index (χ4v) is 2.78. The predicted molar refractivity (Wildman–Crippen MR) is 63.8 cm³/mol. The zero-order chi connectivity index (χ0) is 10.3. The molecule has 1 aromatic heterocycles. The van der Waals surface area contributed by atoms with Crippen molar-refractivity contribution in [1.82, 2.24) is 4.98 Å². The first-order chi connectivity index (χ1) is 6.47. The van der Waals surface area contributed by atoms with Crippen LogP contribution in [0.1, 0.15) is 0 Å². The Labute approximate surface area is 118 Å². The number of rotatable bonds is 1. The molecule has 2 aromatic rings. The molecule has 0 saturated carbocycles. The van der Waals surface area contributed by atoms with Crippen LogP contribution >= 0.6 is 24.0 Å². The topological polar surface area (TPSA) is 67.3 Å². The standard InChI is InChI=1S/C7H5NO3S3.Na.H/c9-14(10,11)4-1-2-5-6(3-4)13-7(12)8-5;;/h1-3H,(H,8,12)(H,9,10,11);;. The van der Waals surface area contributed by atoms with Gasteiger partial charge in [-0.25, -0.2) is 4.98 Å². The molecular formula is C7H6NNaO3S3. The Balaban J connectivity index is 0.00000112. The summed E-state index contributed by atoms with van der Waals surface area (Å²) in [5.74, 6) is 0. The molecule has 0 spiro atoms. The van der Waals surface area contributed by atoms with Crippen LogP contribution in [0.2, 0.25) is 0 Å². The average molecular weight is 271 g/mol. The Morgan fingerprint density at radius 3 is 2.67 bits per heavy atom. The van der Waals surface area contributed by atoms with Crippen LogP contribution in [0.15, 0.2) is 27.4 Å². The van der Waals surface area contributed by atoms with Crippen molar-refractivity contribution < 1.29 is 13.0 Å². The quantitative estimate of drug-likeness (QED) is 0.464. The molecule has 0 aliphatic heterocycles. The van der Waals surface area contributed by atoms with Crippen LogP contribution in [0.4, 0.5) is 0 Å². The van der Waals surface area contributed by atoms with E-state index in [1.807, 2.05) is 0 Å². The van der Waals surface area contributed by atoms with Gasteiger partial charge in [0.05, 0.1) is 15.1 Å². The Hall–Kier alpha value is 0.370. The van der Waals surface area contributed by atoms with Crippen LogP contribution in [-0.4, -0.2) is 47.5 Å². The number of aromatic nitrogens is 1. The average Bonchev–Trinajstić information content (AvgIpc) is 2.41. The van der Waals surface area contributed by atoms with Gasteiger partial charge in [0.2, 0.25) is 0 Å². The molecule has 4 nitrogen and oxygen atoms in total. The van der Waals surface area contributed by atoms with Crippen LogP contribution < -0.4 is 0 Å². The van der Waals surface area contributed by atoms with E-state index in [2.05, 4.69) is 17.6 Å². The van der Waals surface area contributed by atoms with E-state index in [9.17, 15) is 8.42 Å².